The Morgan fingerprint density at radius 1 is 1.15 bits per heavy atom. The zero-order valence-electron chi connectivity index (χ0n) is 14.8. The van der Waals surface area contributed by atoms with Gasteiger partial charge >= 0.3 is 0 Å². The van der Waals surface area contributed by atoms with Crippen LogP contribution in [-0.4, -0.2) is 25.7 Å². The van der Waals surface area contributed by atoms with Crippen LogP contribution in [0.5, 0.6) is 11.5 Å². The normalized spacial score (nSPS) is 21.5. The molecule has 0 saturated carbocycles. The van der Waals surface area contributed by atoms with Crippen LogP contribution in [0.4, 0.5) is 4.39 Å². The molecule has 2 aromatic carbocycles. The average molecular weight is 371 g/mol. The van der Waals surface area contributed by atoms with Crippen molar-refractivity contribution in [1.82, 2.24) is 16.2 Å². The van der Waals surface area contributed by atoms with E-state index in [4.69, 9.17) is 9.47 Å². The van der Waals surface area contributed by atoms with E-state index in [0.717, 1.165) is 23.3 Å². The number of amides is 1. The molecule has 0 bridgehead atoms. The van der Waals surface area contributed by atoms with Crippen LogP contribution in [0.1, 0.15) is 23.6 Å². The largest absolute Gasteiger partial charge is 0.490 e. The van der Waals surface area contributed by atoms with Gasteiger partial charge in [0.1, 0.15) is 5.82 Å². The smallest absolute Gasteiger partial charge is 0.226 e. The first kappa shape index (κ1) is 17.8. The molecule has 2 aliphatic rings. The van der Waals surface area contributed by atoms with Crippen molar-refractivity contribution in [2.24, 2.45) is 5.92 Å². The van der Waals surface area contributed by atoms with Crippen molar-refractivity contribution < 1.29 is 18.7 Å². The summed E-state index contributed by atoms with van der Waals surface area (Å²) in [5.41, 5.74) is 7.75. The van der Waals surface area contributed by atoms with Crippen LogP contribution in [-0.2, 0) is 11.3 Å². The fourth-order valence-corrected chi connectivity index (χ4v) is 3.39. The molecule has 7 heteroatoms. The number of nitrogens with one attached hydrogen (secondary N) is 3. The number of benzene rings is 2. The number of hydrogen-bond acceptors (Lipinski definition) is 5. The second kappa shape index (κ2) is 7.94. The van der Waals surface area contributed by atoms with Gasteiger partial charge in [0.05, 0.1) is 25.2 Å². The van der Waals surface area contributed by atoms with Crippen molar-refractivity contribution >= 4 is 5.91 Å². The highest BCUT2D eigenvalue weighted by atomic mass is 19.1. The molecule has 0 aromatic heterocycles. The maximum atomic E-state index is 13.5. The highest BCUT2D eigenvalue weighted by molar-refractivity contribution is 5.80. The molecule has 1 saturated heterocycles. The summed E-state index contributed by atoms with van der Waals surface area (Å²) in [7, 11) is 0. The van der Waals surface area contributed by atoms with E-state index in [1.54, 1.807) is 6.07 Å². The van der Waals surface area contributed by atoms with Crippen LogP contribution >= 0.6 is 0 Å². The Labute approximate surface area is 157 Å². The Morgan fingerprint density at radius 3 is 2.85 bits per heavy atom. The Morgan fingerprint density at radius 2 is 2.00 bits per heavy atom. The van der Waals surface area contributed by atoms with Crippen LogP contribution in [0, 0.1) is 11.7 Å². The molecule has 27 heavy (non-hydrogen) atoms. The minimum atomic E-state index is -0.327. The van der Waals surface area contributed by atoms with Crippen molar-refractivity contribution in [3.05, 3.63) is 59.4 Å². The van der Waals surface area contributed by atoms with Gasteiger partial charge in [-0.3, -0.25) is 10.2 Å². The summed E-state index contributed by atoms with van der Waals surface area (Å²) < 4.78 is 24.8. The summed E-state index contributed by atoms with van der Waals surface area (Å²) in [6, 6.07) is 11.7. The van der Waals surface area contributed by atoms with E-state index in [0.29, 0.717) is 32.1 Å². The second-order valence-corrected chi connectivity index (χ2v) is 6.71. The van der Waals surface area contributed by atoms with E-state index in [1.807, 2.05) is 24.3 Å². The lowest BCUT2D eigenvalue weighted by atomic mass is 9.94. The minimum Gasteiger partial charge on any atom is -0.490 e. The third-order valence-corrected chi connectivity index (χ3v) is 4.81. The van der Waals surface area contributed by atoms with Crippen molar-refractivity contribution in [2.45, 2.75) is 19.0 Å². The number of halogens is 1. The standard InChI is InChI=1S/C20H22FN3O3/c21-15-4-1-3-14(10-15)19-16(12-23-24-19)20(25)22-11-13-5-6-17-18(9-13)27-8-2-7-26-17/h1,3-6,9-10,16,19,23-24H,2,7-8,11-12H2,(H,22,25). The molecule has 3 N–H and O–H groups in total. The minimum absolute atomic E-state index is 0.0890. The molecule has 142 valence electrons. The Bertz CT molecular complexity index is 830. The first-order valence-electron chi connectivity index (χ1n) is 9.11. The Kier molecular flexibility index (Phi) is 5.22. The van der Waals surface area contributed by atoms with E-state index >= 15 is 0 Å². The van der Waals surface area contributed by atoms with Crippen LogP contribution in [0.3, 0.4) is 0 Å². The number of rotatable bonds is 4. The lowest BCUT2D eigenvalue weighted by Gasteiger charge is -2.19. The number of carbonyl (C=O) groups is 1. The van der Waals surface area contributed by atoms with E-state index in [9.17, 15) is 9.18 Å². The second-order valence-electron chi connectivity index (χ2n) is 6.71. The zero-order valence-corrected chi connectivity index (χ0v) is 14.8. The molecule has 2 aliphatic heterocycles. The molecule has 4 rings (SSSR count). The molecular formula is C20H22FN3O3. The van der Waals surface area contributed by atoms with Gasteiger partial charge in [-0.25, -0.2) is 9.82 Å². The van der Waals surface area contributed by atoms with Crippen LogP contribution in [0.15, 0.2) is 42.5 Å². The van der Waals surface area contributed by atoms with Crippen molar-refractivity contribution in [3.63, 3.8) is 0 Å². The summed E-state index contributed by atoms with van der Waals surface area (Å²) in [6.45, 7) is 2.14. The molecule has 1 amide bonds. The fourth-order valence-electron chi connectivity index (χ4n) is 3.39. The first-order valence-corrected chi connectivity index (χ1v) is 9.11. The van der Waals surface area contributed by atoms with Gasteiger partial charge < -0.3 is 14.8 Å². The van der Waals surface area contributed by atoms with E-state index in [1.165, 1.54) is 12.1 Å². The van der Waals surface area contributed by atoms with Gasteiger partial charge in [0.25, 0.3) is 0 Å². The molecule has 2 aromatic rings. The highest BCUT2D eigenvalue weighted by Gasteiger charge is 2.34. The summed E-state index contributed by atoms with van der Waals surface area (Å²) >= 11 is 0. The molecule has 2 atom stereocenters. The Balaban J connectivity index is 1.41. The maximum absolute atomic E-state index is 13.5. The van der Waals surface area contributed by atoms with Gasteiger partial charge in [-0.15, -0.1) is 0 Å². The number of hydrogen-bond donors (Lipinski definition) is 3. The summed E-state index contributed by atoms with van der Waals surface area (Å²) in [6.07, 6.45) is 0.851. The van der Waals surface area contributed by atoms with Gasteiger partial charge in [0.2, 0.25) is 5.91 Å². The van der Waals surface area contributed by atoms with Crippen molar-refractivity contribution in [1.29, 1.82) is 0 Å². The number of fused-ring (bicyclic) bond motifs is 1. The van der Waals surface area contributed by atoms with Crippen molar-refractivity contribution in [3.8, 4) is 11.5 Å². The SMILES string of the molecule is O=C(NCc1ccc2c(c1)OCCCO2)C1CNNC1c1cccc(F)c1. The fraction of sp³-hybridized carbons (Fsp3) is 0.350. The lowest BCUT2D eigenvalue weighted by Crippen LogP contribution is -2.34. The molecule has 2 unspecified atom stereocenters. The predicted molar refractivity (Wildman–Crippen MR) is 97.7 cm³/mol. The first-order chi connectivity index (χ1) is 13.2. The molecule has 0 spiro atoms. The van der Waals surface area contributed by atoms with Crippen LogP contribution in [0.2, 0.25) is 0 Å². The van der Waals surface area contributed by atoms with Gasteiger partial charge in [-0.2, -0.15) is 0 Å². The third kappa shape index (κ3) is 4.04. The highest BCUT2D eigenvalue weighted by Crippen LogP contribution is 2.30. The monoisotopic (exact) mass is 371 g/mol. The Hall–Kier alpha value is -2.64. The summed E-state index contributed by atoms with van der Waals surface area (Å²) in [4.78, 5) is 12.7. The molecule has 0 aliphatic carbocycles. The zero-order chi connectivity index (χ0) is 18.6. The quantitative estimate of drug-likeness (QED) is 0.768. The summed E-state index contributed by atoms with van der Waals surface area (Å²) in [5, 5.41) is 2.97. The number of ether oxygens (including phenoxy) is 2. The molecule has 2 heterocycles. The van der Waals surface area contributed by atoms with Crippen LogP contribution < -0.4 is 25.6 Å². The lowest BCUT2D eigenvalue weighted by molar-refractivity contribution is -0.125. The number of hydrazine groups is 1. The van der Waals surface area contributed by atoms with Gasteiger partial charge in [-0.1, -0.05) is 18.2 Å². The third-order valence-electron chi connectivity index (χ3n) is 4.81. The van der Waals surface area contributed by atoms with E-state index in [-0.39, 0.29) is 23.7 Å². The predicted octanol–water partition coefficient (Wildman–Crippen LogP) is 2.07. The maximum Gasteiger partial charge on any atom is 0.226 e. The number of carbonyl (C=O) groups excluding carboxylic acids is 1. The molecule has 1 fully saturated rings. The average Bonchev–Trinajstić information content (AvgIpc) is 3.05. The summed E-state index contributed by atoms with van der Waals surface area (Å²) in [5.74, 6) is 0.715. The topological polar surface area (TPSA) is 71.6 Å². The van der Waals surface area contributed by atoms with Gasteiger partial charge in [-0.05, 0) is 35.4 Å². The van der Waals surface area contributed by atoms with E-state index < -0.39 is 0 Å². The van der Waals surface area contributed by atoms with Crippen LogP contribution in [0.25, 0.3) is 0 Å². The van der Waals surface area contributed by atoms with E-state index in [2.05, 4.69) is 16.2 Å². The molecule has 0 radical (unpaired) electrons. The molecular weight excluding hydrogens is 349 g/mol. The van der Waals surface area contributed by atoms with Gasteiger partial charge in [0, 0.05) is 19.5 Å². The molecule has 6 nitrogen and oxygen atoms in total. The van der Waals surface area contributed by atoms with Gasteiger partial charge in [0.15, 0.2) is 11.5 Å². The van der Waals surface area contributed by atoms with Crippen molar-refractivity contribution in [2.75, 3.05) is 19.8 Å².